The summed E-state index contributed by atoms with van der Waals surface area (Å²) in [5, 5.41) is 0. The van der Waals surface area contributed by atoms with Crippen LogP contribution in [0.4, 0.5) is 0 Å². The molecule has 0 bridgehead atoms. The van der Waals surface area contributed by atoms with Gasteiger partial charge in [-0.3, -0.25) is 4.79 Å². The summed E-state index contributed by atoms with van der Waals surface area (Å²) in [4.78, 5) is 11.8. The van der Waals surface area contributed by atoms with Crippen molar-refractivity contribution in [3.8, 4) is 0 Å². The lowest BCUT2D eigenvalue weighted by molar-refractivity contribution is 0.103. The van der Waals surface area contributed by atoms with Gasteiger partial charge in [-0.1, -0.05) is 60.7 Å². The van der Waals surface area contributed by atoms with Crippen LogP contribution < -0.4 is 0 Å². The molecule has 0 fully saturated rings. The smallest absolute Gasteiger partial charge is 0.193 e. The Kier molecular flexibility index (Phi) is 4.74. The Morgan fingerprint density at radius 2 is 1.00 bits per heavy atom. The van der Waals surface area contributed by atoms with Gasteiger partial charge in [0.2, 0.25) is 0 Å². The number of carbonyl (C=O) groups excluding carboxylic acids is 1. The summed E-state index contributed by atoms with van der Waals surface area (Å²) in [6.45, 7) is 6.00. The van der Waals surface area contributed by atoms with E-state index < -0.39 is 0 Å². The minimum absolute atomic E-state index is 0.0752. The Balaban J connectivity index is 0.000000606. The Morgan fingerprint density at radius 1 is 0.688 bits per heavy atom. The molecule has 0 radical (unpaired) electrons. The summed E-state index contributed by atoms with van der Waals surface area (Å²) in [5.74, 6) is 0.0752. The van der Waals surface area contributed by atoms with Crippen LogP contribution in [0.3, 0.4) is 0 Å². The number of ketones is 1. The lowest BCUT2D eigenvalue weighted by Gasteiger charge is -1.99. The van der Waals surface area contributed by atoms with Crippen molar-refractivity contribution in [1.29, 1.82) is 0 Å². The summed E-state index contributed by atoms with van der Waals surface area (Å²) in [5.41, 5.74) is 1.47. The predicted octanol–water partition coefficient (Wildman–Crippen LogP) is 3.72. The van der Waals surface area contributed by atoms with E-state index in [-0.39, 0.29) is 5.78 Å². The molecule has 0 unspecified atom stereocenters. The molecule has 0 spiro atoms. The van der Waals surface area contributed by atoms with Gasteiger partial charge in [0.15, 0.2) is 5.78 Å². The second-order valence-electron chi connectivity index (χ2n) is 3.06. The van der Waals surface area contributed by atoms with E-state index in [2.05, 4.69) is 13.2 Å². The number of hydrogen-bond donors (Lipinski definition) is 0. The van der Waals surface area contributed by atoms with E-state index in [1.54, 1.807) is 0 Å². The molecule has 0 heterocycles. The van der Waals surface area contributed by atoms with E-state index >= 15 is 0 Å². The van der Waals surface area contributed by atoms with Crippen LogP contribution in [0.15, 0.2) is 73.8 Å². The van der Waals surface area contributed by atoms with E-state index in [1.807, 2.05) is 60.7 Å². The maximum absolute atomic E-state index is 11.8. The first-order chi connectivity index (χ1) is 7.88. The largest absolute Gasteiger partial charge is 0.289 e. The van der Waals surface area contributed by atoms with Crippen molar-refractivity contribution >= 4 is 5.78 Å². The van der Waals surface area contributed by atoms with Crippen molar-refractivity contribution in [2.24, 2.45) is 0 Å². The molecule has 0 amide bonds. The van der Waals surface area contributed by atoms with Gasteiger partial charge in [-0.2, -0.15) is 0 Å². The number of benzene rings is 2. The molecule has 1 nitrogen and oxygen atoms in total. The van der Waals surface area contributed by atoms with Crippen molar-refractivity contribution in [3.05, 3.63) is 84.9 Å². The number of carbonyl (C=O) groups is 1. The second-order valence-corrected chi connectivity index (χ2v) is 3.06. The maximum atomic E-state index is 11.8. The zero-order valence-corrected chi connectivity index (χ0v) is 9.10. The summed E-state index contributed by atoms with van der Waals surface area (Å²) in [7, 11) is 0. The summed E-state index contributed by atoms with van der Waals surface area (Å²) < 4.78 is 0. The summed E-state index contributed by atoms with van der Waals surface area (Å²) in [6.07, 6.45) is 0. The average Bonchev–Trinajstić information content (AvgIpc) is 2.42. The van der Waals surface area contributed by atoms with Crippen LogP contribution in [0.2, 0.25) is 0 Å². The standard InChI is InChI=1S/C13H10O.C2H4/c14-13(11-7-3-1-4-8-11)12-9-5-2-6-10-12;1-2/h1-10H;1-2H2. The molecule has 0 saturated carbocycles. The molecule has 0 atom stereocenters. The van der Waals surface area contributed by atoms with Crippen molar-refractivity contribution < 1.29 is 4.79 Å². The molecule has 0 N–H and O–H groups in total. The molecule has 2 aromatic carbocycles. The highest BCUT2D eigenvalue weighted by atomic mass is 16.1. The average molecular weight is 210 g/mol. The van der Waals surface area contributed by atoms with Crippen molar-refractivity contribution in [2.45, 2.75) is 0 Å². The van der Waals surface area contributed by atoms with Gasteiger partial charge in [-0.05, 0) is 0 Å². The second kappa shape index (κ2) is 6.36. The molecule has 0 aromatic heterocycles. The molecule has 0 saturated heterocycles. The zero-order chi connectivity index (χ0) is 11.8. The zero-order valence-electron chi connectivity index (χ0n) is 9.10. The monoisotopic (exact) mass is 210 g/mol. The van der Waals surface area contributed by atoms with Crippen LogP contribution in [-0.4, -0.2) is 5.78 Å². The Labute approximate surface area is 96.1 Å². The fourth-order valence-corrected chi connectivity index (χ4v) is 1.35. The van der Waals surface area contributed by atoms with Gasteiger partial charge in [-0.25, -0.2) is 0 Å². The van der Waals surface area contributed by atoms with E-state index in [0.29, 0.717) is 0 Å². The van der Waals surface area contributed by atoms with Crippen LogP contribution >= 0.6 is 0 Å². The van der Waals surface area contributed by atoms with Gasteiger partial charge in [0.25, 0.3) is 0 Å². The number of hydrogen-bond acceptors (Lipinski definition) is 1. The van der Waals surface area contributed by atoms with Crippen LogP contribution in [-0.2, 0) is 0 Å². The molecule has 0 aliphatic rings. The normalized spacial score (nSPS) is 8.75. The lowest BCUT2D eigenvalue weighted by Crippen LogP contribution is -1.99. The van der Waals surface area contributed by atoms with E-state index in [9.17, 15) is 4.79 Å². The summed E-state index contributed by atoms with van der Waals surface area (Å²) in [6, 6.07) is 18.6. The molecule has 2 aromatic rings. The Hall–Kier alpha value is -2.15. The van der Waals surface area contributed by atoms with Gasteiger partial charge in [-0.15, -0.1) is 13.2 Å². The maximum Gasteiger partial charge on any atom is 0.193 e. The van der Waals surface area contributed by atoms with E-state index in [1.165, 1.54) is 0 Å². The third-order valence-electron chi connectivity index (χ3n) is 2.07. The van der Waals surface area contributed by atoms with E-state index in [4.69, 9.17) is 0 Å². The highest BCUT2D eigenvalue weighted by Gasteiger charge is 2.06. The van der Waals surface area contributed by atoms with Crippen LogP contribution in [0, 0.1) is 0 Å². The molecule has 0 aliphatic carbocycles. The highest BCUT2D eigenvalue weighted by Crippen LogP contribution is 2.08. The topological polar surface area (TPSA) is 17.1 Å². The first-order valence-corrected chi connectivity index (χ1v) is 5.03. The van der Waals surface area contributed by atoms with Gasteiger partial charge in [0.1, 0.15) is 0 Å². The minimum atomic E-state index is 0.0752. The molecule has 2 rings (SSSR count). The fourth-order valence-electron chi connectivity index (χ4n) is 1.35. The third kappa shape index (κ3) is 2.92. The molecule has 80 valence electrons. The SMILES string of the molecule is C=C.O=C(c1ccccc1)c1ccccc1. The first-order valence-electron chi connectivity index (χ1n) is 5.03. The lowest BCUT2D eigenvalue weighted by atomic mass is 10.0. The highest BCUT2D eigenvalue weighted by molar-refractivity contribution is 6.08. The molecular weight excluding hydrogens is 196 g/mol. The Bertz CT molecular complexity index is 390. The van der Waals surface area contributed by atoms with Gasteiger partial charge < -0.3 is 0 Å². The predicted molar refractivity (Wildman–Crippen MR) is 67.6 cm³/mol. The third-order valence-corrected chi connectivity index (χ3v) is 2.07. The molecule has 1 heteroatoms. The van der Waals surface area contributed by atoms with Crippen LogP contribution in [0.25, 0.3) is 0 Å². The Morgan fingerprint density at radius 3 is 1.31 bits per heavy atom. The molecular formula is C15H14O. The van der Waals surface area contributed by atoms with Gasteiger partial charge >= 0.3 is 0 Å². The molecule has 16 heavy (non-hydrogen) atoms. The minimum Gasteiger partial charge on any atom is -0.289 e. The van der Waals surface area contributed by atoms with Crippen molar-refractivity contribution in [3.63, 3.8) is 0 Å². The quantitative estimate of drug-likeness (QED) is 0.545. The van der Waals surface area contributed by atoms with Crippen molar-refractivity contribution in [2.75, 3.05) is 0 Å². The van der Waals surface area contributed by atoms with Crippen molar-refractivity contribution in [1.82, 2.24) is 0 Å². The van der Waals surface area contributed by atoms with Gasteiger partial charge in [0, 0.05) is 11.1 Å². The molecule has 0 aliphatic heterocycles. The first kappa shape index (κ1) is 11.9. The van der Waals surface area contributed by atoms with Crippen LogP contribution in [0.1, 0.15) is 15.9 Å². The van der Waals surface area contributed by atoms with Crippen LogP contribution in [0.5, 0.6) is 0 Å². The number of rotatable bonds is 2. The van der Waals surface area contributed by atoms with Gasteiger partial charge in [0.05, 0.1) is 0 Å². The summed E-state index contributed by atoms with van der Waals surface area (Å²) >= 11 is 0. The fraction of sp³-hybridized carbons (Fsp3) is 0. The van der Waals surface area contributed by atoms with E-state index in [0.717, 1.165) is 11.1 Å².